The Morgan fingerprint density at radius 1 is 1.08 bits per heavy atom. The number of rotatable bonds is 4. The molecule has 13 nitrogen and oxygen atoms in total. The highest BCUT2D eigenvalue weighted by atomic mass is 16.5. The molecule has 0 spiro atoms. The quantitative estimate of drug-likeness (QED) is 0.553. The highest BCUT2D eigenvalue weighted by Gasteiger charge is 2.35. The average molecular weight is 518 g/mol. The number of pyridine rings is 1. The van der Waals surface area contributed by atoms with Gasteiger partial charge in [0.15, 0.2) is 0 Å². The molecule has 1 atom stereocenters. The summed E-state index contributed by atoms with van der Waals surface area (Å²) in [6.07, 6.45) is 7.55. The van der Waals surface area contributed by atoms with Gasteiger partial charge in [0.2, 0.25) is 0 Å². The molecule has 13 heteroatoms. The Bertz CT molecular complexity index is 1440. The third kappa shape index (κ3) is 4.54. The normalized spacial score (nSPS) is 18.3. The second kappa shape index (κ2) is 10.3. The van der Waals surface area contributed by atoms with Crippen LogP contribution < -0.4 is 4.74 Å². The predicted molar refractivity (Wildman–Crippen MR) is 133 cm³/mol. The topological polar surface area (TPSA) is 156 Å². The lowest BCUT2D eigenvalue weighted by Gasteiger charge is -2.42. The highest BCUT2D eigenvalue weighted by molar-refractivity contribution is 5.76. The molecule has 2 aliphatic heterocycles. The number of piperidine rings is 1. The zero-order chi connectivity index (χ0) is 26.8. The van der Waals surface area contributed by atoms with Crippen LogP contribution in [0.3, 0.4) is 0 Å². The molecule has 196 valence electrons. The fourth-order valence-electron chi connectivity index (χ4n) is 5.25. The second-order valence-corrected chi connectivity index (χ2v) is 9.41. The van der Waals surface area contributed by atoms with Crippen LogP contribution >= 0.6 is 0 Å². The largest absolute Gasteiger partial charge is 0.494 e. The minimum Gasteiger partial charge on any atom is -0.494 e. The van der Waals surface area contributed by atoms with E-state index in [2.05, 4.69) is 16.3 Å². The second-order valence-electron chi connectivity index (χ2n) is 9.41. The summed E-state index contributed by atoms with van der Waals surface area (Å²) in [5.41, 5.74) is 2.80. The van der Waals surface area contributed by atoms with E-state index in [9.17, 15) is 20.0 Å². The molecule has 3 aromatic heterocycles. The van der Waals surface area contributed by atoms with E-state index in [1.54, 1.807) is 27.6 Å². The van der Waals surface area contributed by atoms with Gasteiger partial charge in [0.1, 0.15) is 22.9 Å². The van der Waals surface area contributed by atoms with Crippen molar-refractivity contribution in [3.05, 3.63) is 36.4 Å². The molecule has 0 radical (unpaired) electrons. The molecule has 38 heavy (non-hydrogen) atoms. The Morgan fingerprint density at radius 3 is 2.55 bits per heavy atom. The van der Waals surface area contributed by atoms with E-state index >= 15 is 0 Å². The standard InChI is InChI=1S/C25H27N9O4/c1-38-22-10-17(14-34-23(22)18(11-27)12-29-34)19-13-28-33(15-19)20-3-6-30(7-4-20)24(35)31-8-9-32(25(36)37)21(16-31)2-5-26/h10,12-15,20-21H,2-4,6-9,16H2,1H3,(H,36,37). The summed E-state index contributed by atoms with van der Waals surface area (Å²) >= 11 is 0. The summed E-state index contributed by atoms with van der Waals surface area (Å²) in [4.78, 5) is 29.3. The van der Waals surface area contributed by atoms with Gasteiger partial charge in [-0.2, -0.15) is 20.7 Å². The molecule has 3 amide bonds. The number of nitriles is 2. The molecular formula is C25H27N9O4. The van der Waals surface area contributed by atoms with Crippen molar-refractivity contribution in [2.75, 3.05) is 39.8 Å². The van der Waals surface area contributed by atoms with E-state index in [0.717, 1.165) is 24.0 Å². The smallest absolute Gasteiger partial charge is 0.407 e. The third-order valence-electron chi connectivity index (χ3n) is 7.29. The minimum atomic E-state index is -1.06. The van der Waals surface area contributed by atoms with E-state index in [1.807, 2.05) is 29.2 Å². The maximum atomic E-state index is 13.1. The molecule has 2 fully saturated rings. The minimum absolute atomic E-state index is 0.0540. The number of ether oxygens (including phenoxy) is 1. The maximum Gasteiger partial charge on any atom is 0.407 e. The van der Waals surface area contributed by atoms with Crippen LogP contribution in [0.15, 0.2) is 30.9 Å². The van der Waals surface area contributed by atoms with Crippen LogP contribution in [0, 0.1) is 22.7 Å². The molecule has 1 unspecified atom stereocenters. The lowest BCUT2D eigenvalue weighted by Crippen LogP contribution is -2.59. The van der Waals surface area contributed by atoms with Gasteiger partial charge < -0.3 is 24.5 Å². The molecule has 2 aliphatic rings. The summed E-state index contributed by atoms with van der Waals surface area (Å²) in [6.45, 7) is 1.86. The number of amides is 3. The van der Waals surface area contributed by atoms with Crippen molar-refractivity contribution in [3.63, 3.8) is 0 Å². The van der Waals surface area contributed by atoms with Crippen molar-refractivity contribution in [1.82, 2.24) is 34.1 Å². The Kier molecular flexibility index (Phi) is 6.75. The number of hydrogen-bond acceptors (Lipinski definition) is 7. The number of piperazine rings is 1. The fourth-order valence-corrected chi connectivity index (χ4v) is 5.25. The number of carbonyl (C=O) groups is 2. The van der Waals surface area contributed by atoms with Crippen molar-refractivity contribution >= 4 is 17.6 Å². The first-order chi connectivity index (χ1) is 18.4. The first kappa shape index (κ1) is 24.9. The van der Waals surface area contributed by atoms with Crippen LogP contribution in [0.5, 0.6) is 5.75 Å². The number of nitrogens with zero attached hydrogens (tertiary/aromatic N) is 9. The molecule has 0 aliphatic carbocycles. The number of aromatic nitrogens is 4. The summed E-state index contributed by atoms with van der Waals surface area (Å²) in [6, 6.07) is 5.52. The van der Waals surface area contributed by atoms with Gasteiger partial charge in [0, 0.05) is 56.2 Å². The average Bonchev–Trinajstić information content (AvgIpc) is 3.60. The van der Waals surface area contributed by atoms with Crippen LogP contribution in [0.2, 0.25) is 0 Å². The number of likely N-dealkylation sites (tertiary alicyclic amines) is 1. The van der Waals surface area contributed by atoms with Crippen LogP contribution in [-0.4, -0.2) is 97.2 Å². The molecule has 0 bridgehead atoms. The lowest BCUT2D eigenvalue weighted by atomic mass is 10.0. The van der Waals surface area contributed by atoms with E-state index < -0.39 is 12.1 Å². The molecule has 0 aromatic carbocycles. The zero-order valence-electron chi connectivity index (χ0n) is 20.9. The molecule has 5 heterocycles. The molecule has 2 saturated heterocycles. The molecule has 1 N–H and O–H groups in total. The number of fused-ring (bicyclic) bond motifs is 1. The summed E-state index contributed by atoms with van der Waals surface area (Å²) in [5.74, 6) is 0.553. The molecule has 0 saturated carbocycles. The Morgan fingerprint density at radius 2 is 1.87 bits per heavy atom. The van der Waals surface area contributed by atoms with E-state index in [1.165, 1.54) is 11.1 Å². The van der Waals surface area contributed by atoms with E-state index in [4.69, 9.17) is 10.00 Å². The van der Waals surface area contributed by atoms with Gasteiger partial charge >= 0.3 is 12.1 Å². The summed E-state index contributed by atoms with van der Waals surface area (Å²) < 4.78 is 9.06. The van der Waals surface area contributed by atoms with Gasteiger partial charge in [-0.25, -0.2) is 14.1 Å². The van der Waals surface area contributed by atoms with Gasteiger partial charge in [-0.05, 0) is 18.9 Å². The molecular weight excluding hydrogens is 490 g/mol. The van der Waals surface area contributed by atoms with E-state index in [-0.39, 0.29) is 31.6 Å². The van der Waals surface area contributed by atoms with Gasteiger partial charge in [-0.1, -0.05) is 0 Å². The highest BCUT2D eigenvalue weighted by Crippen LogP contribution is 2.31. The SMILES string of the molecule is COc1cc(-c2cnn(C3CCN(C(=O)N4CCN(C(=O)O)C(CC#N)C4)CC3)c2)cn2ncc(C#N)c12. The predicted octanol–water partition coefficient (Wildman–Crippen LogP) is 2.41. The first-order valence-corrected chi connectivity index (χ1v) is 12.3. The van der Waals surface area contributed by atoms with Crippen molar-refractivity contribution in [2.45, 2.75) is 31.3 Å². The first-order valence-electron chi connectivity index (χ1n) is 12.3. The van der Waals surface area contributed by atoms with Gasteiger partial charge in [-0.3, -0.25) is 4.68 Å². The van der Waals surface area contributed by atoms with Crippen molar-refractivity contribution in [3.8, 4) is 29.0 Å². The van der Waals surface area contributed by atoms with Gasteiger partial charge in [0.05, 0.1) is 44.1 Å². The monoisotopic (exact) mass is 517 g/mol. The Hall–Kier alpha value is -4.78. The number of methoxy groups -OCH3 is 1. The summed E-state index contributed by atoms with van der Waals surface area (Å²) in [7, 11) is 1.56. The number of hydrogen-bond donors (Lipinski definition) is 1. The van der Waals surface area contributed by atoms with Gasteiger partial charge in [0.25, 0.3) is 0 Å². The van der Waals surface area contributed by atoms with Crippen molar-refractivity contribution in [1.29, 1.82) is 10.5 Å². The van der Waals surface area contributed by atoms with Gasteiger partial charge in [-0.15, -0.1) is 0 Å². The van der Waals surface area contributed by atoms with Crippen molar-refractivity contribution in [2.24, 2.45) is 0 Å². The lowest BCUT2D eigenvalue weighted by molar-refractivity contribution is 0.0651. The Labute approximate surface area is 218 Å². The number of carbonyl (C=O) groups excluding carboxylic acids is 1. The van der Waals surface area contributed by atoms with Crippen LogP contribution in [0.25, 0.3) is 16.6 Å². The van der Waals surface area contributed by atoms with Crippen LogP contribution in [0.4, 0.5) is 9.59 Å². The Balaban J connectivity index is 1.23. The molecule has 5 rings (SSSR count). The van der Waals surface area contributed by atoms with Crippen molar-refractivity contribution < 1.29 is 19.4 Å². The van der Waals surface area contributed by atoms with Crippen LogP contribution in [0.1, 0.15) is 30.9 Å². The van der Waals surface area contributed by atoms with E-state index in [0.29, 0.717) is 36.5 Å². The van der Waals surface area contributed by atoms with Crippen LogP contribution in [-0.2, 0) is 0 Å². The number of urea groups is 1. The molecule has 3 aromatic rings. The fraction of sp³-hybridized carbons (Fsp3) is 0.440. The third-order valence-corrected chi connectivity index (χ3v) is 7.29. The summed E-state index contributed by atoms with van der Waals surface area (Å²) in [5, 5.41) is 36.6. The zero-order valence-corrected chi connectivity index (χ0v) is 20.9. The number of carboxylic acid groups (broad SMARTS) is 1. The maximum absolute atomic E-state index is 13.1.